The van der Waals surface area contributed by atoms with Crippen LogP contribution in [0.1, 0.15) is 51.9 Å². The predicted octanol–water partition coefficient (Wildman–Crippen LogP) is 4.73. The largest absolute Gasteiger partial charge is 0.0854 e. The topological polar surface area (TPSA) is 0 Å². The Hall–Kier alpha value is -0.520. The molecule has 0 aromatic heterocycles. The third-order valence-corrected chi connectivity index (χ3v) is 4.75. The Balaban J connectivity index is 1.62. The van der Waals surface area contributed by atoms with Gasteiger partial charge in [-0.25, -0.2) is 0 Å². The summed E-state index contributed by atoms with van der Waals surface area (Å²) in [7, 11) is 0. The molecule has 3 unspecified atom stereocenters. The minimum absolute atomic E-state index is 0.814. The summed E-state index contributed by atoms with van der Waals surface area (Å²) >= 11 is 0. The fourth-order valence-electron chi connectivity index (χ4n) is 3.31. The number of fused-ring (bicyclic) bond motifs is 5. The van der Waals surface area contributed by atoms with Crippen LogP contribution in [-0.4, -0.2) is 0 Å². The van der Waals surface area contributed by atoms with Gasteiger partial charge in [0.2, 0.25) is 0 Å². The van der Waals surface area contributed by atoms with Crippen molar-refractivity contribution in [2.24, 2.45) is 23.7 Å². The van der Waals surface area contributed by atoms with Crippen molar-refractivity contribution in [3.8, 4) is 0 Å². The number of hydrogen-bond acceptors (Lipinski definition) is 0. The highest BCUT2D eigenvalue weighted by atomic mass is 14.4. The minimum atomic E-state index is 0.814. The van der Waals surface area contributed by atoms with Crippen molar-refractivity contribution in [3.05, 3.63) is 23.8 Å². The molecule has 0 amide bonds. The Kier molecular flexibility index (Phi) is 2.91. The second-order valence-corrected chi connectivity index (χ2v) is 6.33. The molecule has 0 N–H and O–H groups in total. The van der Waals surface area contributed by atoms with Gasteiger partial charge in [0.05, 0.1) is 0 Å². The number of hydrogen-bond donors (Lipinski definition) is 0. The third-order valence-electron chi connectivity index (χ3n) is 4.75. The molecule has 2 fully saturated rings. The van der Waals surface area contributed by atoms with Crippen LogP contribution < -0.4 is 0 Å². The molecular weight excluding hydrogens is 192 g/mol. The first-order chi connectivity index (χ1) is 7.81. The summed E-state index contributed by atoms with van der Waals surface area (Å²) in [4.78, 5) is 0. The van der Waals surface area contributed by atoms with Gasteiger partial charge in [-0.3, -0.25) is 0 Å². The average Bonchev–Trinajstić information content (AvgIpc) is 2.95. The van der Waals surface area contributed by atoms with Gasteiger partial charge in [0.15, 0.2) is 0 Å². The van der Waals surface area contributed by atoms with Gasteiger partial charge >= 0.3 is 0 Å². The molecule has 3 atom stereocenters. The molecular formula is C16H24. The van der Waals surface area contributed by atoms with Crippen LogP contribution in [-0.2, 0) is 0 Å². The molecule has 0 aliphatic heterocycles. The van der Waals surface area contributed by atoms with Crippen LogP contribution in [0, 0.1) is 23.7 Å². The maximum absolute atomic E-state index is 2.57. The Morgan fingerprint density at radius 1 is 1.12 bits per heavy atom. The zero-order valence-corrected chi connectivity index (χ0v) is 10.5. The van der Waals surface area contributed by atoms with Crippen molar-refractivity contribution in [2.75, 3.05) is 0 Å². The maximum atomic E-state index is 2.57. The van der Waals surface area contributed by atoms with Gasteiger partial charge in [0.25, 0.3) is 0 Å². The van der Waals surface area contributed by atoms with Crippen molar-refractivity contribution in [1.82, 2.24) is 0 Å². The van der Waals surface area contributed by atoms with E-state index in [0.717, 1.165) is 23.7 Å². The second-order valence-electron chi connectivity index (χ2n) is 6.33. The zero-order chi connectivity index (χ0) is 11.0. The van der Waals surface area contributed by atoms with E-state index in [0.29, 0.717) is 0 Å². The normalized spacial score (nSPS) is 42.9. The molecule has 2 bridgehead atoms. The molecule has 0 spiro atoms. The van der Waals surface area contributed by atoms with E-state index in [1.807, 2.05) is 0 Å². The lowest BCUT2D eigenvalue weighted by Crippen LogP contribution is -2.14. The van der Waals surface area contributed by atoms with Gasteiger partial charge in [-0.2, -0.15) is 0 Å². The first-order valence-corrected chi connectivity index (χ1v) is 7.17. The summed E-state index contributed by atoms with van der Waals surface area (Å²) in [5.74, 6) is 3.78. The standard InChI is InChI=1S/C16H24/c1-12-3-2-4-13-9-14(10-13)6-8-16-11-15(16)7-5-12/h5-7,12-13,15-16H,2-4,8-11H2,1H3. The first kappa shape index (κ1) is 10.6. The van der Waals surface area contributed by atoms with Crippen LogP contribution >= 0.6 is 0 Å². The van der Waals surface area contributed by atoms with E-state index in [-0.39, 0.29) is 0 Å². The van der Waals surface area contributed by atoms with E-state index in [1.165, 1.54) is 44.9 Å². The van der Waals surface area contributed by atoms with Gasteiger partial charge in [-0.05, 0) is 62.2 Å². The summed E-state index contributed by atoms with van der Waals surface area (Å²) < 4.78 is 0. The Morgan fingerprint density at radius 3 is 2.88 bits per heavy atom. The Morgan fingerprint density at radius 2 is 2.00 bits per heavy atom. The number of rotatable bonds is 0. The Labute approximate surface area is 99.8 Å². The molecule has 0 aromatic carbocycles. The van der Waals surface area contributed by atoms with Crippen molar-refractivity contribution >= 4 is 0 Å². The highest BCUT2D eigenvalue weighted by Gasteiger charge is 2.34. The van der Waals surface area contributed by atoms with Gasteiger partial charge < -0.3 is 0 Å². The summed E-state index contributed by atoms with van der Waals surface area (Å²) in [5.41, 5.74) is 1.77. The van der Waals surface area contributed by atoms with Crippen molar-refractivity contribution in [3.63, 3.8) is 0 Å². The molecule has 88 valence electrons. The van der Waals surface area contributed by atoms with Crippen LogP contribution in [0.4, 0.5) is 0 Å². The average molecular weight is 216 g/mol. The molecule has 0 heterocycles. The van der Waals surface area contributed by atoms with Gasteiger partial charge in [0.1, 0.15) is 0 Å². The monoisotopic (exact) mass is 216 g/mol. The van der Waals surface area contributed by atoms with Crippen LogP contribution in [0.3, 0.4) is 0 Å². The maximum Gasteiger partial charge on any atom is -0.0199 e. The SMILES string of the molecule is CC1C=CC2CC2CC=C2CC(CCC1)C2. The fourth-order valence-corrected chi connectivity index (χ4v) is 3.31. The highest BCUT2D eigenvalue weighted by Crippen LogP contribution is 2.45. The van der Waals surface area contributed by atoms with E-state index in [2.05, 4.69) is 25.2 Å². The molecule has 0 saturated heterocycles. The fraction of sp³-hybridized carbons (Fsp3) is 0.750. The Bertz CT molecular complexity index is 302. The van der Waals surface area contributed by atoms with Crippen molar-refractivity contribution in [2.45, 2.75) is 51.9 Å². The van der Waals surface area contributed by atoms with Gasteiger partial charge in [-0.1, -0.05) is 37.1 Å². The predicted molar refractivity (Wildman–Crippen MR) is 69.2 cm³/mol. The molecule has 4 aliphatic rings. The van der Waals surface area contributed by atoms with Gasteiger partial charge in [-0.15, -0.1) is 0 Å². The van der Waals surface area contributed by atoms with E-state index in [1.54, 1.807) is 5.57 Å². The smallest absolute Gasteiger partial charge is 0.0199 e. The van der Waals surface area contributed by atoms with Crippen LogP contribution in [0.2, 0.25) is 0 Å². The summed E-state index contributed by atoms with van der Waals surface area (Å²) in [5, 5.41) is 0. The van der Waals surface area contributed by atoms with Crippen molar-refractivity contribution in [1.29, 1.82) is 0 Å². The van der Waals surface area contributed by atoms with E-state index in [9.17, 15) is 0 Å². The molecule has 16 heavy (non-hydrogen) atoms. The number of allylic oxidation sites excluding steroid dienone is 4. The van der Waals surface area contributed by atoms with E-state index >= 15 is 0 Å². The minimum Gasteiger partial charge on any atom is -0.0854 e. The summed E-state index contributed by atoms with van der Waals surface area (Å²) in [6, 6.07) is 0. The first-order valence-electron chi connectivity index (χ1n) is 7.17. The molecule has 0 aromatic rings. The van der Waals surface area contributed by atoms with Crippen molar-refractivity contribution < 1.29 is 0 Å². The molecule has 0 heteroatoms. The lowest BCUT2D eigenvalue weighted by atomic mass is 9.76. The lowest BCUT2D eigenvalue weighted by Gasteiger charge is -2.29. The zero-order valence-electron chi connectivity index (χ0n) is 10.5. The van der Waals surface area contributed by atoms with E-state index < -0.39 is 0 Å². The summed E-state index contributed by atoms with van der Waals surface area (Å²) in [6.07, 6.45) is 17.6. The molecule has 0 radical (unpaired) electrons. The molecule has 0 nitrogen and oxygen atoms in total. The second kappa shape index (κ2) is 4.39. The lowest BCUT2D eigenvalue weighted by molar-refractivity contribution is 0.364. The van der Waals surface area contributed by atoms with Crippen LogP contribution in [0.25, 0.3) is 0 Å². The third kappa shape index (κ3) is 2.42. The summed E-state index contributed by atoms with van der Waals surface area (Å²) in [6.45, 7) is 2.39. The van der Waals surface area contributed by atoms with Crippen LogP contribution in [0.5, 0.6) is 0 Å². The molecule has 2 saturated carbocycles. The molecule has 4 aliphatic carbocycles. The van der Waals surface area contributed by atoms with E-state index in [4.69, 9.17) is 0 Å². The quantitative estimate of drug-likeness (QED) is 0.514. The highest BCUT2D eigenvalue weighted by molar-refractivity contribution is 5.15. The van der Waals surface area contributed by atoms with Crippen LogP contribution in [0.15, 0.2) is 23.8 Å². The van der Waals surface area contributed by atoms with Gasteiger partial charge in [0, 0.05) is 0 Å². The molecule has 4 rings (SSSR count).